The van der Waals surface area contributed by atoms with Crippen LogP contribution in [0.15, 0.2) is 30.3 Å². The number of benzene rings is 1. The lowest BCUT2D eigenvalue weighted by Gasteiger charge is -2.17. The van der Waals surface area contributed by atoms with Gasteiger partial charge in [0.25, 0.3) is 0 Å². The van der Waals surface area contributed by atoms with Gasteiger partial charge in [-0.15, -0.1) is 0 Å². The zero-order valence-corrected chi connectivity index (χ0v) is 10.3. The molecule has 0 spiro atoms. The van der Waals surface area contributed by atoms with Crippen LogP contribution in [0.4, 0.5) is 0 Å². The maximum Gasteiger partial charge on any atom is 0.00953 e. The minimum Gasteiger partial charge on any atom is -0.313 e. The van der Waals surface area contributed by atoms with Crippen LogP contribution in [-0.4, -0.2) is 12.6 Å². The van der Waals surface area contributed by atoms with E-state index in [2.05, 4.69) is 42.6 Å². The Balaban J connectivity index is 1.70. The molecule has 1 aliphatic rings. The normalized spacial score (nSPS) is 17.3. The molecule has 1 aromatic carbocycles. The molecule has 0 radical (unpaired) electrons. The van der Waals surface area contributed by atoms with E-state index in [1.807, 2.05) is 0 Å². The zero-order valence-electron chi connectivity index (χ0n) is 10.3. The van der Waals surface area contributed by atoms with Crippen molar-refractivity contribution in [3.05, 3.63) is 35.9 Å². The van der Waals surface area contributed by atoms with Crippen LogP contribution in [0, 0.1) is 5.92 Å². The third kappa shape index (κ3) is 3.64. The first-order valence-corrected chi connectivity index (χ1v) is 6.67. The van der Waals surface area contributed by atoms with Crippen molar-refractivity contribution < 1.29 is 0 Å². The van der Waals surface area contributed by atoms with Crippen LogP contribution in [0.2, 0.25) is 0 Å². The summed E-state index contributed by atoms with van der Waals surface area (Å²) < 4.78 is 0. The number of hydrogen-bond donors (Lipinski definition) is 1. The van der Waals surface area contributed by atoms with Crippen LogP contribution in [0.1, 0.15) is 38.2 Å². The largest absolute Gasteiger partial charge is 0.313 e. The first kappa shape index (κ1) is 11.7. The highest BCUT2D eigenvalue weighted by molar-refractivity contribution is 5.14. The van der Waals surface area contributed by atoms with E-state index in [0.29, 0.717) is 0 Å². The Morgan fingerprint density at radius 3 is 2.62 bits per heavy atom. The van der Waals surface area contributed by atoms with Crippen LogP contribution >= 0.6 is 0 Å². The van der Waals surface area contributed by atoms with Crippen molar-refractivity contribution in [1.82, 2.24) is 5.32 Å². The van der Waals surface area contributed by atoms with Gasteiger partial charge in [-0.3, -0.25) is 0 Å². The van der Waals surface area contributed by atoms with Crippen molar-refractivity contribution in [2.24, 2.45) is 5.92 Å². The summed E-state index contributed by atoms with van der Waals surface area (Å²) in [5.41, 5.74) is 1.45. The molecule has 1 atom stereocenters. The van der Waals surface area contributed by atoms with Crippen molar-refractivity contribution >= 4 is 0 Å². The molecule has 0 saturated heterocycles. The van der Waals surface area contributed by atoms with Crippen LogP contribution in [0.25, 0.3) is 0 Å². The van der Waals surface area contributed by atoms with Crippen LogP contribution in [0.5, 0.6) is 0 Å². The SMILES string of the molecule is CCCC(NCCc1ccccc1)C1CC1. The van der Waals surface area contributed by atoms with Gasteiger partial charge >= 0.3 is 0 Å². The van der Waals surface area contributed by atoms with Gasteiger partial charge in [0.2, 0.25) is 0 Å². The molecule has 1 heteroatoms. The van der Waals surface area contributed by atoms with Crippen molar-refractivity contribution in [3.63, 3.8) is 0 Å². The van der Waals surface area contributed by atoms with E-state index in [0.717, 1.165) is 24.9 Å². The fourth-order valence-corrected chi connectivity index (χ4v) is 2.36. The highest BCUT2D eigenvalue weighted by Gasteiger charge is 2.29. The molecular weight excluding hydrogens is 194 g/mol. The highest BCUT2D eigenvalue weighted by Crippen LogP contribution is 2.34. The Labute approximate surface area is 99.3 Å². The van der Waals surface area contributed by atoms with Crippen LogP contribution in [0.3, 0.4) is 0 Å². The summed E-state index contributed by atoms with van der Waals surface area (Å²) in [5, 5.41) is 3.73. The molecule has 1 N–H and O–H groups in total. The lowest BCUT2D eigenvalue weighted by atomic mass is 10.1. The molecule has 88 valence electrons. The lowest BCUT2D eigenvalue weighted by Crippen LogP contribution is -2.32. The van der Waals surface area contributed by atoms with Gasteiger partial charge in [0.15, 0.2) is 0 Å². The molecular formula is C15H23N. The monoisotopic (exact) mass is 217 g/mol. The van der Waals surface area contributed by atoms with E-state index in [9.17, 15) is 0 Å². The van der Waals surface area contributed by atoms with E-state index < -0.39 is 0 Å². The second-order valence-electron chi connectivity index (χ2n) is 4.92. The van der Waals surface area contributed by atoms with Gasteiger partial charge in [0, 0.05) is 6.04 Å². The molecule has 0 amide bonds. The van der Waals surface area contributed by atoms with E-state index in [1.165, 1.54) is 31.2 Å². The molecule has 16 heavy (non-hydrogen) atoms. The first-order valence-electron chi connectivity index (χ1n) is 6.67. The highest BCUT2D eigenvalue weighted by atomic mass is 14.9. The average molecular weight is 217 g/mol. The lowest BCUT2D eigenvalue weighted by molar-refractivity contribution is 0.434. The van der Waals surface area contributed by atoms with Crippen molar-refractivity contribution in [2.75, 3.05) is 6.54 Å². The van der Waals surface area contributed by atoms with E-state index in [4.69, 9.17) is 0 Å². The average Bonchev–Trinajstić information content (AvgIpc) is 3.13. The minimum absolute atomic E-state index is 0.786. The predicted octanol–water partition coefficient (Wildman–Crippen LogP) is 3.40. The maximum atomic E-state index is 3.73. The second kappa shape index (κ2) is 6.05. The Hall–Kier alpha value is -0.820. The molecule has 1 fully saturated rings. The molecule has 0 aliphatic heterocycles. The van der Waals surface area contributed by atoms with Crippen LogP contribution in [-0.2, 0) is 6.42 Å². The molecule has 1 unspecified atom stereocenters. The summed E-state index contributed by atoms with van der Waals surface area (Å²) >= 11 is 0. The van der Waals surface area contributed by atoms with E-state index in [1.54, 1.807) is 0 Å². The zero-order chi connectivity index (χ0) is 11.2. The molecule has 1 aromatic rings. The molecule has 2 rings (SSSR count). The first-order chi connectivity index (χ1) is 7.90. The molecule has 1 aliphatic carbocycles. The van der Waals surface area contributed by atoms with Crippen LogP contribution < -0.4 is 5.32 Å². The summed E-state index contributed by atoms with van der Waals surface area (Å²) in [6, 6.07) is 11.6. The third-order valence-electron chi connectivity index (χ3n) is 3.45. The summed E-state index contributed by atoms with van der Waals surface area (Å²) in [7, 11) is 0. The van der Waals surface area contributed by atoms with Gasteiger partial charge in [-0.1, -0.05) is 43.7 Å². The molecule has 0 bridgehead atoms. The van der Waals surface area contributed by atoms with Crippen molar-refractivity contribution in [1.29, 1.82) is 0 Å². The van der Waals surface area contributed by atoms with Gasteiger partial charge in [0.05, 0.1) is 0 Å². The van der Waals surface area contributed by atoms with Crippen molar-refractivity contribution in [2.45, 2.75) is 45.1 Å². The van der Waals surface area contributed by atoms with E-state index in [-0.39, 0.29) is 0 Å². The minimum atomic E-state index is 0.786. The second-order valence-corrected chi connectivity index (χ2v) is 4.92. The summed E-state index contributed by atoms with van der Waals surface area (Å²) in [6.45, 7) is 3.42. The molecule has 0 heterocycles. The summed E-state index contributed by atoms with van der Waals surface area (Å²) in [4.78, 5) is 0. The predicted molar refractivity (Wildman–Crippen MR) is 69.6 cm³/mol. The van der Waals surface area contributed by atoms with Crippen molar-refractivity contribution in [3.8, 4) is 0 Å². The fraction of sp³-hybridized carbons (Fsp3) is 0.600. The van der Waals surface area contributed by atoms with E-state index >= 15 is 0 Å². The van der Waals surface area contributed by atoms with Gasteiger partial charge in [0.1, 0.15) is 0 Å². The van der Waals surface area contributed by atoms with Gasteiger partial charge in [-0.25, -0.2) is 0 Å². The maximum absolute atomic E-state index is 3.73. The quantitative estimate of drug-likeness (QED) is 0.738. The van der Waals surface area contributed by atoms with Gasteiger partial charge < -0.3 is 5.32 Å². The number of hydrogen-bond acceptors (Lipinski definition) is 1. The topological polar surface area (TPSA) is 12.0 Å². The molecule has 0 aromatic heterocycles. The Morgan fingerprint density at radius 1 is 1.25 bits per heavy atom. The summed E-state index contributed by atoms with van der Waals surface area (Å²) in [5.74, 6) is 0.982. The number of rotatable bonds is 7. The fourth-order valence-electron chi connectivity index (χ4n) is 2.36. The van der Waals surface area contributed by atoms with Gasteiger partial charge in [-0.05, 0) is 43.7 Å². The smallest absolute Gasteiger partial charge is 0.00953 e. The molecule has 1 saturated carbocycles. The number of nitrogens with one attached hydrogen (secondary N) is 1. The third-order valence-corrected chi connectivity index (χ3v) is 3.45. The van der Waals surface area contributed by atoms with Gasteiger partial charge in [-0.2, -0.15) is 0 Å². The molecule has 1 nitrogen and oxygen atoms in total. The standard InChI is InChI=1S/C15H23N/c1-2-6-15(14-9-10-14)16-12-11-13-7-4-3-5-8-13/h3-5,7-8,14-16H,2,6,9-12H2,1H3. The Morgan fingerprint density at radius 2 is 2.00 bits per heavy atom. The Kier molecular flexibility index (Phi) is 4.41. The summed E-state index contributed by atoms with van der Waals surface area (Å²) in [6.07, 6.45) is 6.71. The Bertz CT molecular complexity index is 290.